The third kappa shape index (κ3) is 40.9. The number of rotatable bonds is 56. The number of hydrogen-bond acceptors (Lipinski definition) is 14. The van der Waals surface area contributed by atoms with Gasteiger partial charge in [0, 0.05) is 89.2 Å². The van der Waals surface area contributed by atoms with Crippen LogP contribution in [0.4, 0.5) is 0 Å². The highest BCUT2D eigenvalue weighted by Crippen LogP contribution is 2.22. The largest absolute Gasteiger partial charge is 0.481 e. The van der Waals surface area contributed by atoms with E-state index < -0.39 is 83.8 Å². The Balaban J connectivity index is 2.18. The van der Waals surface area contributed by atoms with E-state index in [0.29, 0.717) is 38.6 Å². The van der Waals surface area contributed by atoms with Crippen LogP contribution in [-0.2, 0) is 68.6 Å². The van der Waals surface area contributed by atoms with Crippen molar-refractivity contribution in [3.63, 3.8) is 0 Å². The van der Waals surface area contributed by atoms with Gasteiger partial charge in [0.2, 0.25) is 11.8 Å². The molecule has 0 unspecified atom stereocenters. The summed E-state index contributed by atoms with van der Waals surface area (Å²) in [5, 5.41) is 52.6. The number of carbonyl (C=O) groups excluding carboxylic acids is 6. The van der Waals surface area contributed by atoms with Crippen LogP contribution in [0.25, 0.3) is 0 Å². The smallest absolute Gasteiger partial charge is 0.306 e. The Morgan fingerprint density at radius 3 is 1.28 bits per heavy atom. The summed E-state index contributed by atoms with van der Waals surface area (Å²) < 4.78 is 10.7. The summed E-state index contributed by atoms with van der Waals surface area (Å²) in [7, 11) is 0. The van der Waals surface area contributed by atoms with Crippen LogP contribution in [0.1, 0.15) is 211 Å². The van der Waals surface area contributed by atoms with E-state index in [9.17, 15) is 73.2 Å². The number of amides is 2. The van der Waals surface area contributed by atoms with Crippen LogP contribution < -0.4 is 10.6 Å². The highest BCUT2D eigenvalue weighted by molar-refractivity contribution is 5.88. The molecule has 0 spiro atoms. The molecule has 0 bridgehead atoms. The van der Waals surface area contributed by atoms with Gasteiger partial charge >= 0.3 is 29.8 Å². The van der Waals surface area contributed by atoms with Crippen LogP contribution in [0.15, 0.2) is 12.5 Å². The summed E-state index contributed by atoms with van der Waals surface area (Å²) in [6.07, 6.45) is 20.4. The van der Waals surface area contributed by atoms with E-state index in [4.69, 9.17) is 14.6 Å². The number of aromatic nitrogens is 2. The van der Waals surface area contributed by atoms with Crippen molar-refractivity contribution in [2.24, 2.45) is 23.7 Å². The zero-order valence-corrected chi connectivity index (χ0v) is 46.5. The summed E-state index contributed by atoms with van der Waals surface area (Å²) in [6, 6.07) is 0. The summed E-state index contributed by atoms with van der Waals surface area (Å²) in [5.41, 5.74) is 0.801. The first kappa shape index (κ1) is 71.1. The predicted octanol–water partition coefficient (Wildman–Crippen LogP) is 7.87. The molecule has 1 rings (SSSR count). The lowest BCUT2D eigenvalue weighted by molar-refractivity contribution is -0.146. The van der Waals surface area contributed by atoms with Gasteiger partial charge in [0.05, 0.1) is 49.8 Å². The standard InChI is InChI=1S/C57H92N4O18/c62-47(20-15-13-11-9-7-5-3-1-2-4-6-8-10-12-14-16-21-53(68)69)36-43(55(72)73)22-26-48(63)37-44(56(74)75)23-27-49(64)38-45(57(76)77)24-29-51(66)60-31-32-78-33-34-79-40-52(67)59-30-18-17-19-42(54(70)71)35-50(65)28-25-46-39-58-41-61-46/h39,41-45H,1-38,40H2,(H,58,61)(H,59,67)(H,60,66)(H,68,69)(H,70,71)(H,72,73)(H,74,75)(H,76,77)/t42-,43-,44-,45-/m1/s1. The zero-order chi connectivity index (χ0) is 58.5. The average molecular weight is 1120 g/mol. The lowest BCUT2D eigenvalue weighted by atomic mass is 9.89. The van der Waals surface area contributed by atoms with Gasteiger partial charge < -0.3 is 50.6 Å². The maximum absolute atomic E-state index is 12.8. The second-order valence-electron chi connectivity index (χ2n) is 20.7. The fourth-order valence-corrected chi connectivity index (χ4v) is 9.03. The second kappa shape index (κ2) is 45.9. The molecule has 2 amide bonds. The minimum absolute atomic E-state index is 0.0590. The highest BCUT2D eigenvalue weighted by Gasteiger charge is 2.28. The Bertz CT molecular complexity index is 1960. The second-order valence-corrected chi connectivity index (χ2v) is 20.7. The van der Waals surface area contributed by atoms with Crippen molar-refractivity contribution in [1.29, 1.82) is 0 Å². The van der Waals surface area contributed by atoms with Crippen molar-refractivity contribution in [3.8, 4) is 0 Å². The number of H-pyrrole nitrogens is 1. The molecule has 4 atom stereocenters. The number of imidazole rings is 1. The third-order valence-electron chi connectivity index (χ3n) is 13.9. The Labute approximate surface area is 465 Å². The molecule has 0 radical (unpaired) electrons. The lowest BCUT2D eigenvalue weighted by Gasteiger charge is -2.15. The maximum Gasteiger partial charge on any atom is 0.306 e. The molecule has 0 aliphatic rings. The van der Waals surface area contributed by atoms with E-state index in [1.807, 2.05) is 0 Å². The molecule has 79 heavy (non-hydrogen) atoms. The molecule has 0 aliphatic carbocycles. The molecule has 448 valence electrons. The first-order chi connectivity index (χ1) is 37.9. The van der Waals surface area contributed by atoms with E-state index >= 15 is 0 Å². The lowest BCUT2D eigenvalue weighted by Crippen LogP contribution is -2.30. The van der Waals surface area contributed by atoms with Crippen molar-refractivity contribution in [3.05, 3.63) is 18.2 Å². The van der Waals surface area contributed by atoms with Crippen LogP contribution in [-0.4, -0.2) is 140 Å². The minimum atomic E-state index is -1.33. The van der Waals surface area contributed by atoms with Crippen LogP contribution in [0, 0.1) is 23.7 Å². The molecule has 22 heteroatoms. The van der Waals surface area contributed by atoms with Crippen LogP contribution in [0.3, 0.4) is 0 Å². The van der Waals surface area contributed by atoms with E-state index in [1.165, 1.54) is 57.7 Å². The molecular weight excluding hydrogens is 1030 g/mol. The molecule has 22 nitrogen and oxygen atoms in total. The normalized spacial score (nSPS) is 12.7. The third-order valence-corrected chi connectivity index (χ3v) is 13.9. The maximum atomic E-state index is 12.8. The number of aliphatic carboxylic acids is 5. The van der Waals surface area contributed by atoms with E-state index in [1.54, 1.807) is 6.20 Å². The van der Waals surface area contributed by atoms with Crippen molar-refractivity contribution in [2.75, 3.05) is 39.5 Å². The number of carbonyl (C=O) groups is 11. The summed E-state index contributed by atoms with van der Waals surface area (Å²) in [4.78, 5) is 140. The minimum Gasteiger partial charge on any atom is -0.481 e. The number of nitrogens with one attached hydrogen (secondary N) is 3. The van der Waals surface area contributed by atoms with Crippen molar-refractivity contribution < 1.29 is 87.7 Å². The van der Waals surface area contributed by atoms with E-state index in [0.717, 1.165) is 50.6 Å². The number of aromatic amines is 1. The van der Waals surface area contributed by atoms with Crippen LogP contribution >= 0.6 is 0 Å². The molecule has 1 heterocycles. The average Bonchev–Trinajstić information content (AvgIpc) is 3.93. The number of carboxylic acid groups (broad SMARTS) is 5. The first-order valence-electron chi connectivity index (χ1n) is 28.7. The summed E-state index contributed by atoms with van der Waals surface area (Å²) in [5.74, 6) is -12.2. The number of Topliss-reactive ketones (excluding diaryl/α,β-unsaturated/α-hetero) is 4. The fraction of sp³-hybridized carbons (Fsp3) is 0.754. The first-order valence-corrected chi connectivity index (χ1v) is 28.7. The molecule has 1 aromatic heterocycles. The van der Waals surface area contributed by atoms with Gasteiger partial charge in [0.25, 0.3) is 0 Å². The summed E-state index contributed by atoms with van der Waals surface area (Å²) >= 11 is 0. The Hall–Kier alpha value is -5.90. The molecule has 1 aromatic rings. The molecular formula is C57H92N4O18. The molecule has 0 aliphatic heterocycles. The molecule has 0 fully saturated rings. The zero-order valence-electron chi connectivity index (χ0n) is 46.5. The van der Waals surface area contributed by atoms with Gasteiger partial charge in [-0.15, -0.1) is 0 Å². The quantitative estimate of drug-likeness (QED) is 0.0288. The summed E-state index contributed by atoms with van der Waals surface area (Å²) in [6.45, 7) is 0.456. The van der Waals surface area contributed by atoms with Gasteiger partial charge in [-0.25, -0.2) is 4.98 Å². The predicted molar refractivity (Wildman–Crippen MR) is 290 cm³/mol. The Morgan fingerprint density at radius 2 is 0.823 bits per heavy atom. The van der Waals surface area contributed by atoms with Crippen LogP contribution in [0.5, 0.6) is 0 Å². The van der Waals surface area contributed by atoms with Crippen LogP contribution in [0.2, 0.25) is 0 Å². The topological polar surface area (TPSA) is 360 Å². The SMILES string of the molecule is O=C(O)CCCCCCCCCCCCCCCCCCC(=O)C[C@@H](CCC(=O)C[C@@H](CCC(=O)C[C@@H](CCC(=O)NCCOCCOCC(=O)NCCCC[C@H](CC(=O)CCc1cnc[nH]1)C(=O)O)C(=O)O)C(=O)O)C(=O)O. The number of unbranched alkanes of at least 4 members (excludes halogenated alkanes) is 16. The Morgan fingerprint density at radius 1 is 0.418 bits per heavy atom. The van der Waals surface area contributed by atoms with Gasteiger partial charge in [0.1, 0.15) is 29.7 Å². The van der Waals surface area contributed by atoms with Crippen molar-refractivity contribution >= 4 is 64.8 Å². The van der Waals surface area contributed by atoms with E-state index in [2.05, 4.69) is 20.6 Å². The monoisotopic (exact) mass is 1120 g/mol. The number of hydrogen-bond donors (Lipinski definition) is 8. The molecule has 0 aromatic carbocycles. The number of carboxylic acids is 5. The number of nitrogens with zero attached hydrogens (tertiary/aromatic N) is 1. The number of ether oxygens (including phenoxy) is 2. The Kier molecular flexibility index (Phi) is 41.3. The highest BCUT2D eigenvalue weighted by atomic mass is 16.5. The van der Waals surface area contributed by atoms with Crippen molar-refractivity contribution in [2.45, 2.75) is 212 Å². The van der Waals surface area contributed by atoms with Gasteiger partial charge in [-0.3, -0.25) is 52.7 Å². The fourth-order valence-electron chi connectivity index (χ4n) is 9.03. The molecule has 8 N–H and O–H groups in total. The van der Waals surface area contributed by atoms with Gasteiger partial charge in [-0.2, -0.15) is 0 Å². The number of aryl methyl sites for hydroxylation is 1. The van der Waals surface area contributed by atoms with Gasteiger partial charge in [-0.1, -0.05) is 96.3 Å². The molecule has 0 saturated carbocycles. The van der Waals surface area contributed by atoms with Crippen molar-refractivity contribution in [1.82, 2.24) is 20.6 Å². The van der Waals surface area contributed by atoms with Gasteiger partial charge in [-0.05, 0) is 51.4 Å². The molecule has 0 saturated heterocycles. The van der Waals surface area contributed by atoms with E-state index in [-0.39, 0.29) is 121 Å². The number of ketones is 4. The van der Waals surface area contributed by atoms with Gasteiger partial charge in [0.15, 0.2) is 0 Å².